The monoisotopic (exact) mass is 359 g/mol. The Morgan fingerprint density at radius 3 is 2.65 bits per heavy atom. The van der Waals surface area contributed by atoms with Crippen LogP contribution in [0.25, 0.3) is 11.0 Å². The molecule has 5 nitrogen and oxygen atoms in total. The van der Waals surface area contributed by atoms with Crippen LogP contribution in [0, 0.1) is 18.6 Å². The highest BCUT2D eigenvalue weighted by atomic mass is 19.1. The van der Waals surface area contributed by atoms with Crippen LogP contribution in [0.15, 0.2) is 45.6 Å². The van der Waals surface area contributed by atoms with Crippen LogP contribution in [0.2, 0.25) is 0 Å². The number of carboxylic acid groups (broad SMARTS) is 1. The molecule has 0 N–H and O–H groups in total. The summed E-state index contributed by atoms with van der Waals surface area (Å²) in [6.07, 6.45) is -0.536. The Hall–Kier alpha value is -3.22. The van der Waals surface area contributed by atoms with Gasteiger partial charge in [0.05, 0.1) is 0 Å². The van der Waals surface area contributed by atoms with E-state index in [0.29, 0.717) is 16.7 Å². The van der Waals surface area contributed by atoms with Gasteiger partial charge in [-0.15, -0.1) is 0 Å². The SMILES string of the molecule is Cc1c(CC(=O)[O-])c(=O)oc2cc(OCc3ccc(F)cc3F)ccc12. The molecule has 0 saturated heterocycles. The maximum absolute atomic E-state index is 13.6. The average Bonchev–Trinajstić information content (AvgIpc) is 2.57. The number of benzene rings is 2. The quantitative estimate of drug-likeness (QED) is 0.653. The number of hydrogen-bond donors (Lipinski definition) is 0. The summed E-state index contributed by atoms with van der Waals surface area (Å²) in [4.78, 5) is 22.7. The van der Waals surface area contributed by atoms with Crippen LogP contribution in [-0.2, 0) is 17.8 Å². The first-order valence-electron chi connectivity index (χ1n) is 7.68. The van der Waals surface area contributed by atoms with E-state index in [2.05, 4.69) is 0 Å². The normalized spacial score (nSPS) is 10.9. The molecule has 0 radical (unpaired) electrons. The number of hydrogen-bond acceptors (Lipinski definition) is 5. The Balaban J connectivity index is 1.89. The van der Waals surface area contributed by atoms with Gasteiger partial charge >= 0.3 is 5.63 Å². The second-order valence-electron chi connectivity index (χ2n) is 5.72. The Bertz CT molecular complexity index is 1060. The molecule has 0 unspecified atom stereocenters. The summed E-state index contributed by atoms with van der Waals surface area (Å²) >= 11 is 0. The summed E-state index contributed by atoms with van der Waals surface area (Å²) in [6, 6.07) is 7.82. The van der Waals surface area contributed by atoms with Gasteiger partial charge < -0.3 is 19.1 Å². The van der Waals surface area contributed by atoms with Gasteiger partial charge in [-0.05, 0) is 36.8 Å². The zero-order chi connectivity index (χ0) is 18.8. The van der Waals surface area contributed by atoms with E-state index < -0.39 is 29.7 Å². The molecule has 2 aromatic carbocycles. The number of ether oxygens (including phenoxy) is 1. The number of carboxylic acids is 1. The summed E-state index contributed by atoms with van der Waals surface area (Å²) < 4.78 is 37.2. The molecular formula is C19H13F2O5-. The molecule has 3 rings (SSSR count). The smallest absolute Gasteiger partial charge is 0.340 e. The minimum atomic E-state index is -1.37. The van der Waals surface area contributed by atoms with Gasteiger partial charge in [-0.2, -0.15) is 0 Å². The number of halogens is 2. The molecule has 0 atom stereocenters. The molecule has 26 heavy (non-hydrogen) atoms. The molecule has 0 aliphatic heterocycles. The van der Waals surface area contributed by atoms with E-state index >= 15 is 0 Å². The standard InChI is InChI=1S/C19H14F2O5/c1-10-14-5-4-13(25-9-11-2-3-12(20)6-16(11)21)7-17(14)26-19(24)15(10)8-18(22)23/h2-7H,8-9H2,1H3,(H,22,23)/p-1. The third kappa shape index (κ3) is 3.56. The van der Waals surface area contributed by atoms with Gasteiger partial charge in [-0.25, -0.2) is 13.6 Å². The van der Waals surface area contributed by atoms with Crippen LogP contribution in [0.1, 0.15) is 16.7 Å². The molecule has 1 aromatic heterocycles. The lowest BCUT2D eigenvalue weighted by atomic mass is 10.0. The second-order valence-corrected chi connectivity index (χ2v) is 5.72. The van der Waals surface area contributed by atoms with E-state index in [-0.39, 0.29) is 23.3 Å². The summed E-state index contributed by atoms with van der Waals surface area (Å²) in [5, 5.41) is 11.3. The zero-order valence-electron chi connectivity index (χ0n) is 13.7. The molecule has 0 fully saturated rings. The van der Waals surface area contributed by atoms with Crippen molar-refractivity contribution in [2.75, 3.05) is 0 Å². The van der Waals surface area contributed by atoms with Crippen LogP contribution in [-0.4, -0.2) is 5.97 Å². The Morgan fingerprint density at radius 1 is 1.19 bits per heavy atom. The van der Waals surface area contributed by atoms with E-state index in [1.807, 2.05) is 0 Å². The predicted octanol–water partition coefficient (Wildman–Crippen LogP) is 2.25. The number of rotatable bonds is 5. The summed E-state index contributed by atoms with van der Waals surface area (Å²) in [5.41, 5.74) is 0.136. The summed E-state index contributed by atoms with van der Waals surface area (Å²) in [6.45, 7) is 1.48. The van der Waals surface area contributed by atoms with Gasteiger partial charge in [-0.3, -0.25) is 0 Å². The van der Waals surface area contributed by atoms with E-state index in [9.17, 15) is 23.5 Å². The largest absolute Gasteiger partial charge is 0.550 e. The van der Waals surface area contributed by atoms with Gasteiger partial charge in [0, 0.05) is 41.0 Å². The Labute approximate surface area is 146 Å². The van der Waals surface area contributed by atoms with Crippen LogP contribution >= 0.6 is 0 Å². The summed E-state index contributed by atoms with van der Waals surface area (Å²) in [7, 11) is 0. The highest BCUT2D eigenvalue weighted by Crippen LogP contribution is 2.25. The van der Waals surface area contributed by atoms with Crippen molar-refractivity contribution in [2.24, 2.45) is 0 Å². The maximum Gasteiger partial charge on any atom is 0.340 e. The van der Waals surface area contributed by atoms with Crippen LogP contribution in [0.3, 0.4) is 0 Å². The highest BCUT2D eigenvalue weighted by molar-refractivity contribution is 5.83. The molecule has 1 heterocycles. The van der Waals surface area contributed by atoms with Crippen molar-refractivity contribution in [2.45, 2.75) is 20.0 Å². The minimum absolute atomic E-state index is 0.0274. The third-order valence-corrected chi connectivity index (χ3v) is 3.99. The van der Waals surface area contributed by atoms with E-state index in [1.54, 1.807) is 19.1 Å². The first kappa shape index (κ1) is 17.6. The first-order valence-corrected chi connectivity index (χ1v) is 7.68. The molecular weight excluding hydrogens is 346 g/mol. The average molecular weight is 359 g/mol. The van der Waals surface area contributed by atoms with Crippen LogP contribution in [0.4, 0.5) is 8.78 Å². The van der Waals surface area contributed by atoms with E-state index in [0.717, 1.165) is 12.1 Å². The maximum atomic E-state index is 13.6. The van der Waals surface area contributed by atoms with Crippen molar-refractivity contribution in [3.8, 4) is 5.75 Å². The van der Waals surface area contributed by atoms with Crippen molar-refractivity contribution in [3.05, 3.63) is 75.1 Å². The fourth-order valence-electron chi connectivity index (χ4n) is 2.61. The van der Waals surface area contributed by atoms with Crippen molar-refractivity contribution < 1.29 is 27.8 Å². The van der Waals surface area contributed by atoms with Crippen LogP contribution < -0.4 is 15.5 Å². The third-order valence-electron chi connectivity index (χ3n) is 3.99. The fourth-order valence-corrected chi connectivity index (χ4v) is 2.61. The zero-order valence-corrected chi connectivity index (χ0v) is 13.7. The molecule has 0 spiro atoms. The lowest BCUT2D eigenvalue weighted by Gasteiger charge is -2.11. The predicted molar refractivity (Wildman–Crippen MR) is 86.6 cm³/mol. The number of aryl methyl sites for hydroxylation is 1. The van der Waals surface area contributed by atoms with Crippen molar-refractivity contribution in [1.29, 1.82) is 0 Å². The number of carbonyl (C=O) groups is 1. The van der Waals surface area contributed by atoms with Crippen LogP contribution in [0.5, 0.6) is 5.75 Å². The fraction of sp³-hybridized carbons (Fsp3) is 0.158. The van der Waals surface area contributed by atoms with Gasteiger partial charge in [0.25, 0.3) is 0 Å². The molecule has 3 aromatic rings. The van der Waals surface area contributed by atoms with E-state index in [1.165, 1.54) is 12.1 Å². The molecule has 134 valence electrons. The van der Waals surface area contributed by atoms with Gasteiger partial charge in [0.15, 0.2) is 0 Å². The molecule has 0 bridgehead atoms. The number of carbonyl (C=O) groups excluding carboxylic acids is 1. The van der Waals surface area contributed by atoms with Crippen molar-refractivity contribution in [1.82, 2.24) is 0 Å². The lowest BCUT2D eigenvalue weighted by Crippen LogP contribution is -2.27. The molecule has 0 amide bonds. The van der Waals surface area contributed by atoms with Gasteiger partial charge in [0.1, 0.15) is 29.6 Å². The second kappa shape index (κ2) is 6.95. The molecule has 0 aliphatic carbocycles. The Kier molecular flexibility index (Phi) is 4.71. The molecule has 0 aliphatic rings. The molecule has 0 saturated carbocycles. The topological polar surface area (TPSA) is 79.6 Å². The Morgan fingerprint density at radius 2 is 1.96 bits per heavy atom. The highest BCUT2D eigenvalue weighted by Gasteiger charge is 2.13. The van der Waals surface area contributed by atoms with Gasteiger partial charge in [-0.1, -0.05) is 0 Å². The lowest BCUT2D eigenvalue weighted by molar-refractivity contribution is -0.304. The van der Waals surface area contributed by atoms with Crippen molar-refractivity contribution >= 4 is 16.9 Å². The van der Waals surface area contributed by atoms with Gasteiger partial charge in [0.2, 0.25) is 0 Å². The van der Waals surface area contributed by atoms with E-state index in [4.69, 9.17) is 9.15 Å². The first-order chi connectivity index (χ1) is 12.3. The molecule has 7 heteroatoms. The van der Waals surface area contributed by atoms with Crippen molar-refractivity contribution in [3.63, 3.8) is 0 Å². The number of aliphatic carboxylic acids is 1. The summed E-state index contributed by atoms with van der Waals surface area (Å²) in [5.74, 6) is -2.46. The minimum Gasteiger partial charge on any atom is -0.550 e. The number of fused-ring (bicyclic) bond motifs is 1.